The third kappa shape index (κ3) is 4.41. The molecule has 1 fully saturated rings. The smallest absolute Gasteiger partial charge is 0.340 e. The van der Waals surface area contributed by atoms with Gasteiger partial charge in [0.15, 0.2) is 0 Å². The van der Waals surface area contributed by atoms with Crippen LogP contribution in [0.1, 0.15) is 25.7 Å². The number of nitrogens with zero attached hydrogens (tertiary/aromatic N) is 2. The number of hydrogen-bond donors (Lipinski definition) is 1. The zero-order valence-electron chi connectivity index (χ0n) is 16.8. The molecule has 2 atom stereocenters. The van der Waals surface area contributed by atoms with Crippen LogP contribution in [0.5, 0.6) is 0 Å². The molecule has 0 amide bonds. The Balaban J connectivity index is 1.62. The first-order chi connectivity index (χ1) is 14.0. The number of benzene rings is 2. The first-order valence-electron chi connectivity index (χ1n) is 9.91. The summed E-state index contributed by atoms with van der Waals surface area (Å²) in [6.45, 7) is 1.42. The molecule has 2 heterocycles. The van der Waals surface area contributed by atoms with Crippen molar-refractivity contribution in [2.24, 2.45) is 0 Å². The summed E-state index contributed by atoms with van der Waals surface area (Å²) in [4.78, 5) is 16.4. The van der Waals surface area contributed by atoms with Crippen molar-refractivity contribution in [3.8, 4) is 0 Å². The van der Waals surface area contributed by atoms with Crippen LogP contribution in [-0.4, -0.2) is 42.1 Å². The van der Waals surface area contributed by atoms with E-state index in [1.165, 1.54) is 33.2 Å². The minimum absolute atomic E-state index is 0.0495. The van der Waals surface area contributed by atoms with Crippen LogP contribution in [0.15, 0.2) is 57.2 Å². The van der Waals surface area contributed by atoms with Crippen LogP contribution in [0.3, 0.4) is 0 Å². The molecule has 156 valence electrons. The van der Waals surface area contributed by atoms with E-state index in [1.807, 2.05) is 11.8 Å². The van der Waals surface area contributed by atoms with Crippen molar-refractivity contribution >= 4 is 42.6 Å². The molecule has 0 saturated carbocycles. The first-order valence-corrected chi connectivity index (χ1v) is 13.5. The Labute approximate surface area is 181 Å². The predicted molar refractivity (Wildman–Crippen MR) is 122 cm³/mol. The maximum atomic E-state index is 12.5. The Morgan fingerprint density at radius 1 is 1.21 bits per heavy atom. The van der Waals surface area contributed by atoms with Crippen LogP contribution in [0.25, 0.3) is 0 Å². The van der Waals surface area contributed by atoms with Gasteiger partial charge in [-0.15, -0.1) is 11.8 Å². The van der Waals surface area contributed by atoms with Gasteiger partial charge in [-0.1, -0.05) is 30.3 Å². The molecule has 1 N–H and O–H groups in total. The predicted octanol–water partition coefficient (Wildman–Crippen LogP) is 6.00. The highest BCUT2D eigenvalue weighted by Crippen LogP contribution is 2.51. The molecule has 0 bridgehead atoms. The maximum Gasteiger partial charge on any atom is 0.405 e. The maximum absolute atomic E-state index is 12.5. The molecule has 8 heteroatoms. The summed E-state index contributed by atoms with van der Waals surface area (Å²) in [6.07, 6.45) is 5.86. The molecule has 0 spiro atoms. The molecular formula is C21H27N2O3PS2. The van der Waals surface area contributed by atoms with Gasteiger partial charge in [-0.25, -0.2) is 9.24 Å². The Morgan fingerprint density at radius 2 is 2.00 bits per heavy atom. The van der Waals surface area contributed by atoms with Gasteiger partial charge < -0.3 is 14.3 Å². The molecule has 2 aromatic carbocycles. The molecule has 29 heavy (non-hydrogen) atoms. The van der Waals surface area contributed by atoms with E-state index in [1.54, 1.807) is 16.4 Å². The van der Waals surface area contributed by atoms with E-state index >= 15 is 0 Å². The molecule has 1 saturated heterocycles. The molecule has 0 radical (unpaired) electrons. The van der Waals surface area contributed by atoms with E-state index in [0.29, 0.717) is 6.54 Å². The lowest BCUT2D eigenvalue weighted by Gasteiger charge is -2.39. The lowest BCUT2D eigenvalue weighted by atomic mass is 10.0. The van der Waals surface area contributed by atoms with Gasteiger partial charge in [0, 0.05) is 40.9 Å². The zero-order valence-corrected chi connectivity index (χ0v) is 19.3. The molecule has 0 aliphatic carbocycles. The topological polar surface area (TPSA) is 53.0 Å². The average Bonchev–Trinajstić information content (AvgIpc) is 2.76. The minimum Gasteiger partial charge on any atom is -0.340 e. The molecular weight excluding hydrogens is 423 g/mol. The van der Waals surface area contributed by atoms with Gasteiger partial charge in [-0.05, 0) is 55.9 Å². The first kappa shape index (κ1) is 21.3. The third-order valence-electron chi connectivity index (χ3n) is 5.68. The summed E-state index contributed by atoms with van der Waals surface area (Å²) in [5.41, 5.74) is 2.44. The van der Waals surface area contributed by atoms with Gasteiger partial charge in [0.2, 0.25) is 0 Å². The molecule has 2 aromatic rings. The van der Waals surface area contributed by atoms with E-state index in [-0.39, 0.29) is 6.04 Å². The zero-order chi connectivity index (χ0) is 20.4. The van der Waals surface area contributed by atoms with Gasteiger partial charge in [-0.3, -0.25) is 0 Å². The van der Waals surface area contributed by atoms with E-state index in [4.69, 9.17) is 4.52 Å². The van der Waals surface area contributed by atoms with Crippen molar-refractivity contribution in [2.45, 2.75) is 46.4 Å². The highest BCUT2D eigenvalue weighted by molar-refractivity contribution is 8.00. The number of anilines is 2. The second kappa shape index (κ2) is 9.04. The second-order valence-corrected chi connectivity index (χ2v) is 11.2. The molecule has 0 aromatic heterocycles. The fourth-order valence-corrected chi connectivity index (χ4v) is 6.93. The molecule has 2 aliphatic rings. The largest absolute Gasteiger partial charge is 0.405 e. The summed E-state index contributed by atoms with van der Waals surface area (Å²) in [7, 11) is -2.39. The summed E-state index contributed by atoms with van der Waals surface area (Å²) in [5.74, 6) is 0. The number of hydrogen-bond acceptors (Lipinski definition) is 5. The van der Waals surface area contributed by atoms with Crippen molar-refractivity contribution in [3.05, 3.63) is 42.5 Å². The Kier molecular flexibility index (Phi) is 6.64. The molecule has 5 nitrogen and oxygen atoms in total. The highest BCUT2D eigenvalue weighted by atomic mass is 32.2. The Bertz CT molecular complexity index is 927. The molecule has 2 unspecified atom stereocenters. The van der Waals surface area contributed by atoms with Gasteiger partial charge in [-0.2, -0.15) is 0 Å². The van der Waals surface area contributed by atoms with Gasteiger partial charge in [0.25, 0.3) is 0 Å². The standard InChI is InChI=1S/C21H27N2O3PS2/c1-26-27(24,25)23-13-6-5-7-16(23)12-14-22-18-8-3-4-9-20(18)29-21-11-10-17(28-2)15-19(21)22/h3-4,8-11,15-16H,5-7,12-14H2,1-2H3,(H,24,25). The Morgan fingerprint density at radius 3 is 2.79 bits per heavy atom. The molecule has 4 rings (SSSR count). The number of piperidine rings is 1. The highest BCUT2D eigenvalue weighted by Gasteiger charge is 2.37. The fourth-order valence-electron chi connectivity index (χ4n) is 4.17. The van der Waals surface area contributed by atoms with E-state index in [2.05, 4.69) is 53.6 Å². The normalized spacial score (nSPS) is 21.3. The SMILES string of the molecule is COP(=O)(O)N1CCCCC1CCN1c2ccccc2Sc2ccc(SC)cc21. The van der Waals surface area contributed by atoms with Crippen LogP contribution in [-0.2, 0) is 9.09 Å². The van der Waals surface area contributed by atoms with Crippen LogP contribution in [0, 0.1) is 0 Å². The summed E-state index contributed by atoms with van der Waals surface area (Å²) in [6, 6.07) is 15.2. The number of thioether (sulfide) groups is 1. The van der Waals surface area contributed by atoms with Crippen LogP contribution in [0.2, 0.25) is 0 Å². The Hall–Kier alpha value is -0.950. The summed E-state index contributed by atoms with van der Waals surface area (Å²) in [5, 5.41) is 0. The van der Waals surface area contributed by atoms with Crippen LogP contribution >= 0.6 is 31.3 Å². The van der Waals surface area contributed by atoms with Crippen molar-refractivity contribution in [1.82, 2.24) is 4.67 Å². The van der Waals surface area contributed by atoms with Gasteiger partial charge in [0.1, 0.15) is 0 Å². The van der Waals surface area contributed by atoms with Crippen molar-refractivity contribution in [2.75, 3.05) is 31.4 Å². The average molecular weight is 451 g/mol. The van der Waals surface area contributed by atoms with Crippen LogP contribution in [0.4, 0.5) is 11.4 Å². The van der Waals surface area contributed by atoms with E-state index < -0.39 is 7.75 Å². The monoisotopic (exact) mass is 450 g/mol. The summed E-state index contributed by atoms with van der Waals surface area (Å²) >= 11 is 3.56. The van der Waals surface area contributed by atoms with Crippen LogP contribution < -0.4 is 4.90 Å². The lowest BCUT2D eigenvalue weighted by Crippen LogP contribution is -2.39. The van der Waals surface area contributed by atoms with Crippen molar-refractivity contribution in [3.63, 3.8) is 0 Å². The lowest BCUT2D eigenvalue weighted by molar-refractivity contribution is 0.167. The van der Waals surface area contributed by atoms with Gasteiger partial charge in [0.05, 0.1) is 11.4 Å². The molecule has 2 aliphatic heterocycles. The quantitative estimate of drug-likeness (QED) is 0.428. The third-order valence-corrected chi connectivity index (χ3v) is 9.18. The van der Waals surface area contributed by atoms with E-state index in [0.717, 1.165) is 32.2 Å². The minimum atomic E-state index is -3.71. The summed E-state index contributed by atoms with van der Waals surface area (Å²) < 4.78 is 19.2. The van der Waals surface area contributed by atoms with Crippen molar-refractivity contribution in [1.29, 1.82) is 0 Å². The number of rotatable bonds is 6. The van der Waals surface area contributed by atoms with Gasteiger partial charge >= 0.3 is 7.75 Å². The fraction of sp³-hybridized carbons (Fsp3) is 0.429. The number of para-hydroxylation sites is 1. The van der Waals surface area contributed by atoms with E-state index in [9.17, 15) is 9.46 Å². The second-order valence-electron chi connectivity index (χ2n) is 7.33. The number of fused-ring (bicyclic) bond motifs is 2. The van der Waals surface area contributed by atoms with Crippen molar-refractivity contribution < 1.29 is 14.0 Å².